The van der Waals surface area contributed by atoms with E-state index in [4.69, 9.17) is 18.0 Å². The number of hydrogen-bond donors (Lipinski definition) is 1. The first-order chi connectivity index (χ1) is 8.40. The summed E-state index contributed by atoms with van der Waals surface area (Å²) < 4.78 is 0. The summed E-state index contributed by atoms with van der Waals surface area (Å²) in [5.41, 5.74) is 6.35. The van der Waals surface area contributed by atoms with Crippen LogP contribution in [0.15, 0.2) is 12.3 Å². The number of likely N-dealkylation sites (N-methyl/N-ethyl adjacent to an activating group) is 1. The van der Waals surface area contributed by atoms with E-state index in [1.807, 2.05) is 0 Å². The summed E-state index contributed by atoms with van der Waals surface area (Å²) in [6.45, 7) is 7.24. The average molecular weight is 265 g/mol. The largest absolute Gasteiger partial charge is 0.388 e. The minimum Gasteiger partial charge on any atom is -0.388 e. The molecule has 1 aromatic heterocycles. The maximum absolute atomic E-state index is 5.60. The zero-order valence-electron chi connectivity index (χ0n) is 11.1. The fraction of sp³-hybridized carbons (Fsp3) is 0.583. The van der Waals surface area contributed by atoms with E-state index in [1.165, 1.54) is 0 Å². The summed E-state index contributed by atoms with van der Waals surface area (Å²) in [6.07, 6.45) is 1.71. The van der Waals surface area contributed by atoms with Crippen molar-refractivity contribution in [3.05, 3.63) is 18.0 Å². The van der Waals surface area contributed by atoms with Crippen LogP contribution in [0.1, 0.15) is 19.5 Å². The van der Waals surface area contributed by atoms with Gasteiger partial charge < -0.3 is 10.6 Å². The molecule has 1 saturated heterocycles. The first kappa shape index (κ1) is 13.2. The van der Waals surface area contributed by atoms with Gasteiger partial charge in [-0.25, -0.2) is 9.97 Å². The summed E-state index contributed by atoms with van der Waals surface area (Å²) in [7, 11) is 2.14. The Kier molecular flexibility index (Phi) is 3.49. The number of nitrogens with zero attached hydrogens (tertiary/aromatic N) is 4. The first-order valence-corrected chi connectivity index (χ1v) is 6.40. The van der Waals surface area contributed by atoms with Gasteiger partial charge in [0.1, 0.15) is 10.7 Å². The Hall–Kier alpha value is -1.27. The van der Waals surface area contributed by atoms with Gasteiger partial charge >= 0.3 is 0 Å². The normalized spacial score (nSPS) is 19.8. The van der Waals surface area contributed by atoms with Gasteiger partial charge in [0.15, 0.2) is 0 Å². The molecule has 2 N–H and O–H groups in total. The highest BCUT2D eigenvalue weighted by atomic mass is 32.1. The van der Waals surface area contributed by atoms with E-state index in [0.29, 0.717) is 16.6 Å². The molecule has 0 radical (unpaired) electrons. The number of nitrogens with two attached hydrogens (primary N) is 1. The van der Waals surface area contributed by atoms with Crippen LogP contribution in [0.25, 0.3) is 0 Å². The first-order valence-electron chi connectivity index (χ1n) is 5.99. The van der Waals surface area contributed by atoms with Crippen molar-refractivity contribution in [1.82, 2.24) is 14.9 Å². The van der Waals surface area contributed by atoms with Gasteiger partial charge in [-0.1, -0.05) is 12.2 Å². The molecule has 0 saturated carbocycles. The number of piperazine rings is 1. The lowest BCUT2D eigenvalue weighted by Crippen LogP contribution is -2.58. The minimum atomic E-state index is 0.112. The summed E-state index contributed by atoms with van der Waals surface area (Å²) >= 11 is 4.95. The van der Waals surface area contributed by atoms with Gasteiger partial charge in [-0.15, -0.1) is 0 Å². The van der Waals surface area contributed by atoms with Crippen molar-refractivity contribution in [2.45, 2.75) is 19.4 Å². The molecule has 6 heteroatoms. The van der Waals surface area contributed by atoms with Crippen molar-refractivity contribution >= 4 is 23.2 Å². The van der Waals surface area contributed by atoms with Crippen molar-refractivity contribution in [1.29, 1.82) is 0 Å². The molecule has 2 heterocycles. The molecule has 1 aromatic rings. The van der Waals surface area contributed by atoms with Crippen LogP contribution in [-0.2, 0) is 0 Å². The van der Waals surface area contributed by atoms with Gasteiger partial charge in [-0.05, 0) is 27.0 Å². The highest BCUT2D eigenvalue weighted by molar-refractivity contribution is 7.80. The van der Waals surface area contributed by atoms with Crippen LogP contribution in [-0.4, -0.2) is 52.1 Å². The quantitative estimate of drug-likeness (QED) is 0.792. The Morgan fingerprint density at radius 3 is 2.78 bits per heavy atom. The standard InChI is InChI=1S/C12H19N5S/c1-12(2)8-17(7-6-16(12)3)11-14-5-4-9(15-11)10(13)18/h4-5H,6-8H2,1-3H3,(H2,13,18). The van der Waals surface area contributed by atoms with E-state index in [0.717, 1.165) is 19.6 Å². The Morgan fingerprint density at radius 2 is 2.17 bits per heavy atom. The van der Waals surface area contributed by atoms with Crippen molar-refractivity contribution in [3.63, 3.8) is 0 Å². The summed E-state index contributed by atoms with van der Waals surface area (Å²) in [5.74, 6) is 0.710. The van der Waals surface area contributed by atoms with Crippen LogP contribution in [0.4, 0.5) is 5.95 Å². The van der Waals surface area contributed by atoms with Crippen LogP contribution in [0, 0.1) is 0 Å². The maximum Gasteiger partial charge on any atom is 0.226 e. The fourth-order valence-electron chi connectivity index (χ4n) is 2.05. The van der Waals surface area contributed by atoms with Crippen LogP contribution >= 0.6 is 12.2 Å². The van der Waals surface area contributed by atoms with E-state index < -0.39 is 0 Å². The summed E-state index contributed by atoms with van der Waals surface area (Å²) in [6, 6.07) is 1.74. The van der Waals surface area contributed by atoms with Gasteiger partial charge in [0.2, 0.25) is 5.95 Å². The molecule has 1 aliphatic rings. The monoisotopic (exact) mass is 265 g/mol. The third-order valence-electron chi connectivity index (χ3n) is 3.49. The van der Waals surface area contributed by atoms with Crippen molar-refractivity contribution < 1.29 is 0 Å². The predicted molar refractivity (Wildman–Crippen MR) is 76.8 cm³/mol. The molecular formula is C12H19N5S. The Bertz CT molecular complexity index is 460. The van der Waals surface area contributed by atoms with Gasteiger partial charge in [0.25, 0.3) is 0 Å². The lowest BCUT2D eigenvalue weighted by atomic mass is 10.0. The lowest BCUT2D eigenvalue weighted by molar-refractivity contribution is 0.138. The van der Waals surface area contributed by atoms with Crippen LogP contribution in [0.5, 0.6) is 0 Å². The van der Waals surface area contributed by atoms with Crippen molar-refractivity contribution in [2.75, 3.05) is 31.6 Å². The number of anilines is 1. The van der Waals surface area contributed by atoms with Gasteiger partial charge in [0.05, 0.1) is 0 Å². The molecule has 0 amide bonds. The molecule has 0 aromatic carbocycles. The van der Waals surface area contributed by atoms with Crippen molar-refractivity contribution in [3.8, 4) is 0 Å². The van der Waals surface area contributed by atoms with Gasteiger partial charge in [0, 0.05) is 31.4 Å². The number of thiocarbonyl (C=S) groups is 1. The molecule has 1 aliphatic heterocycles. The van der Waals surface area contributed by atoms with E-state index in [2.05, 4.69) is 40.7 Å². The third kappa shape index (κ3) is 2.59. The molecule has 1 fully saturated rings. The third-order valence-corrected chi connectivity index (χ3v) is 3.70. The molecule has 0 spiro atoms. The fourth-order valence-corrected chi connectivity index (χ4v) is 2.16. The lowest BCUT2D eigenvalue weighted by Gasteiger charge is -2.45. The maximum atomic E-state index is 5.60. The average Bonchev–Trinajstić information content (AvgIpc) is 2.33. The predicted octanol–water partition coefficient (Wildman–Crippen LogP) is 0.641. The number of hydrogen-bond acceptors (Lipinski definition) is 5. The van der Waals surface area contributed by atoms with E-state index in [-0.39, 0.29) is 5.54 Å². The zero-order chi connectivity index (χ0) is 13.3. The molecule has 5 nitrogen and oxygen atoms in total. The molecular weight excluding hydrogens is 246 g/mol. The Morgan fingerprint density at radius 1 is 1.44 bits per heavy atom. The zero-order valence-corrected chi connectivity index (χ0v) is 11.9. The highest BCUT2D eigenvalue weighted by Crippen LogP contribution is 2.21. The molecule has 0 aliphatic carbocycles. The number of rotatable bonds is 2. The minimum absolute atomic E-state index is 0.112. The summed E-state index contributed by atoms with van der Waals surface area (Å²) in [4.78, 5) is 13.6. The van der Waals surface area contributed by atoms with E-state index >= 15 is 0 Å². The second kappa shape index (κ2) is 4.78. The Balaban J connectivity index is 2.22. The molecule has 0 atom stereocenters. The van der Waals surface area contributed by atoms with E-state index in [1.54, 1.807) is 12.3 Å². The molecule has 18 heavy (non-hydrogen) atoms. The molecule has 2 rings (SSSR count). The second-order valence-electron chi connectivity index (χ2n) is 5.26. The van der Waals surface area contributed by atoms with E-state index in [9.17, 15) is 0 Å². The van der Waals surface area contributed by atoms with Gasteiger partial charge in [-0.2, -0.15) is 0 Å². The van der Waals surface area contributed by atoms with Crippen molar-refractivity contribution in [2.24, 2.45) is 5.73 Å². The SMILES string of the molecule is CN1CCN(c2nccc(C(N)=S)n2)CC1(C)C. The molecule has 0 unspecified atom stereocenters. The number of aromatic nitrogens is 2. The van der Waals surface area contributed by atoms with Crippen LogP contribution in [0.2, 0.25) is 0 Å². The molecule has 98 valence electrons. The highest BCUT2D eigenvalue weighted by Gasteiger charge is 2.32. The topological polar surface area (TPSA) is 58.3 Å². The summed E-state index contributed by atoms with van der Waals surface area (Å²) in [5, 5.41) is 0. The smallest absolute Gasteiger partial charge is 0.226 e. The second-order valence-corrected chi connectivity index (χ2v) is 5.70. The van der Waals surface area contributed by atoms with Gasteiger partial charge in [-0.3, -0.25) is 4.90 Å². The molecule has 0 bridgehead atoms. The van der Waals surface area contributed by atoms with Crippen LogP contribution in [0.3, 0.4) is 0 Å². The Labute approximate surface area is 113 Å². The van der Waals surface area contributed by atoms with Crippen LogP contribution < -0.4 is 10.6 Å².